The zero-order valence-electron chi connectivity index (χ0n) is 7.30. The van der Waals surface area contributed by atoms with Crippen molar-refractivity contribution in [3.63, 3.8) is 0 Å². The first-order valence-electron chi connectivity index (χ1n) is 3.99. The van der Waals surface area contributed by atoms with Gasteiger partial charge in [0.25, 0.3) is 0 Å². The van der Waals surface area contributed by atoms with Crippen molar-refractivity contribution in [3.8, 4) is 0 Å². The van der Waals surface area contributed by atoms with Gasteiger partial charge in [-0.3, -0.25) is 0 Å². The Hall–Kier alpha value is -0.550. The summed E-state index contributed by atoms with van der Waals surface area (Å²) < 4.78 is 1.76. The molecule has 3 nitrogen and oxygen atoms in total. The maximum absolute atomic E-state index is 3.86. The van der Waals surface area contributed by atoms with Gasteiger partial charge in [0, 0.05) is 28.1 Å². The van der Waals surface area contributed by atoms with Gasteiger partial charge >= 0.3 is 0 Å². The molecule has 0 unspecified atom stereocenters. The Bertz CT molecular complexity index is 349. The zero-order chi connectivity index (χ0) is 8.93. The Balaban J connectivity index is 0.000000980. The van der Waals surface area contributed by atoms with Crippen LogP contribution in [0.3, 0.4) is 0 Å². The molecular weight excluding hydrogens is 290 g/mol. The van der Waals surface area contributed by atoms with Crippen molar-refractivity contribution in [2.45, 2.75) is 5.75 Å². The summed E-state index contributed by atoms with van der Waals surface area (Å²) in [6.45, 7) is 0. The second kappa shape index (κ2) is 6.03. The van der Waals surface area contributed by atoms with Crippen molar-refractivity contribution < 1.29 is 22.4 Å². The first-order valence-corrected chi connectivity index (χ1v) is 4.93. The molecule has 0 amide bonds. The van der Waals surface area contributed by atoms with Crippen LogP contribution in [0.25, 0.3) is 0 Å². The molecule has 1 aromatic carbocycles. The van der Waals surface area contributed by atoms with Crippen molar-refractivity contribution in [2.75, 3.05) is 0 Å². The predicted molar refractivity (Wildman–Crippen MR) is 53.2 cm³/mol. The average Bonchev–Trinajstić information content (AvgIpc) is 2.69. The van der Waals surface area contributed by atoms with E-state index >= 15 is 0 Å². The van der Waals surface area contributed by atoms with E-state index in [9.17, 15) is 0 Å². The fraction of sp³-hybridized carbons (Fsp3) is 0.111. The Morgan fingerprint density at radius 3 is 2.64 bits per heavy atom. The van der Waals surface area contributed by atoms with Gasteiger partial charge in [0.2, 0.25) is 0 Å². The first-order chi connectivity index (χ1) is 6.45. The first kappa shape index (κ1) is 11.5. The van der Waals surface area contributed by atoms with Gasteiger partial charge in [0.05, 0.1) is 12.4 Å². The van der Waals surface area contributed by atoms with E-state index in [-0.39, 0.29) is 22.4 Å². The van der Waals surface area contributed by atoms with E-state index < -0.39 is 0 Å². The summed E-state index contributed by atoms with van der Waals surface area (Å²) >= 11 is 1.62. The van der Waals surface area contributed by atoms with E-state index in [1.165, 1.54) is 5.56 Å². The quantitative estimate of drug-likeness (QED) is 0.812. The number of aromatic nitrogens is 3. The summed E-state index contributed by atoms with van der Waals surface area (Å²) in [5.74, 6) is 0.921. The standard InChI is InChI=1S/C9H9N3S.Ag/c1-2-4-9(5-3-1)8-13-12-7-6-10-11-12;/h1-7H,8H2;. The Labute approximate surface area is 103 Å². The smallest absolute Gasteiger partial charge is 0.0704 e. The van der Waals surface area contributed by atoms with Crippen LogP contribution in [0.1, 0.15) is 5.56 Å². The van der Waals surface area contributed by atoms with Crippen molar-refractivity contribution in [2.24, 2.45) is 0 Å². The number of hydrogen-bond donors (Lipinski definition) is 0. The van der Waals surface area contributed by atoms with Crippen LogP contribution in [-0.2, 0) is 28.1 Å². The predicted octanol–water partition coefficient (Wildman–Crippen LogP) is 1.97. The summed E-state index contributed by atoms with van der Waals surface area (Å²) in [4.78, 5) is 0. The second-order valence-electron chi connectivity index (χ2n) is 2.56. The van der Waals surface area contributed by atoms with Gasteiger partial charge in [-0.2, -0.15) is 4.09 Å². The summed E-state index contributed by atoms with van der Waals surface area (Å²) in [6.07, 6.45) is 3.52. The van der Waals surface area contributed by atoms with Crippen LogP contribution in [-0.4, -0.2) is 14.4 Å². The zero-order valence-corrected chi connectivity index (χ0v) is 9.60. The van der Waals surface area contributed by atoms with Crippen LogP contribution in [0.15, 0.2) is 42.7 Å². The summed E-state index contributed by atoms with van der Waals surface area (Å²) in [7, 11) is 0. The van der Waals surface area contributed by atoms with Crippen molar-refractivity contribution in [1.82, 2.24) is 14.4 Å². The minimum atomic E-state index is 0. The summed E-state index contributed by atoms with van der Waals surface area (Å²) in [5.41, 5.74) is 1.29. The van der Waals surface area contributed by atoms with E-state index in [1.807, 2.05) is 24.4 Å². The van der Waals surface area contributed by atoms with E-state index in [2.05, 4.69) is 22.4 Å². The second-order valence-corrected chi connectivity index (χ2v) is 3.49. The molecule has 0 saturated heterocycles. The molecule has 0 aliphatic heterocycles. The molecule has 0 saturated carbocycles. The Morgan fingerprint density at radius 1 is 1.21 bits per heavy atom. The van der Waals surface area contributed by atoms with Gasteiger partial charge in [0.15, 0.2) is 0 Å². The molecule has 1 aromatic heterocycles. The van der Waals surface area contributed by atoms with Gasteiger partial charge in [-0.05, 0) is 17.5 Å². The molecule has 77 valence electrons. The van der Waals surface area contributed by atoms with Gasteiger partial charge in [0.1, 0.15) is 0 Å². The average molecular weight is 299 g/mol. The molecule has 1 heterocycles. The van der Waals surface area contributed by atoms with Crippen LogP contribution >= 0.6 is 11.9 Å². The van der Waals surface area contributed by atoms with Gasteiger partial charge in [-0.1, -0.05) is 35.5 Å². The van der Waals surface area contributed by atoms with Gasteiger partial charge in [-0.25, -0.2) is 0 Å². The minimum absolute atomic E-state index is 0. The summed E-state index contributed by atoms with van der Waals surface area (Å²) in [6, 6.07) is 10.3. The van der Waals surface area contributed by atoms with Crippen molar-refractivity contribution >= 4 is 11.9 Å². The fourth-order valence-corrected chi connectivity index (χ4v) is 1.69. The van der Waals surface area contributed by atoms with Gasteiger partial charge in [-0.15, -0.1) is 5.10 Å². The van der Waals surface area contributed by atoms with Crippen LogP contribution in [0.2, 0.25) is 0 Å². The molecule has 2 rings (SSSR count). The maximum Gasteiger partial charge on any atom is 0.0704 e. The maximum atomic E-state index is 3.86. The topological polar surface area (TPSA) is 30.7 Å². The molecule has 14 heavy (non-hydrogen) atoms. The Kier molecular flexibility index (Phi) is 4.97. The van der Waals surface area contributed by atoms with Crippen LogP contribution < -0.4 is 0 Å². The SMILES string of the molecule is [Ag].c1ccc(CSn2ccnn2)cc1. The van der Waals surface area contributed by atoms with Gasteiger partial charge < -0.3 is 0 Å². The molecule has 0 fully saturated rings. The minimum Gasteiger partial charge on any atom is -0.194 e. The van der Waals surface area contributed by atoms with Crippen LogP contribution in [0.5, 0.6) is 0 Å². The molecule has 5 heteroatoms. The van der Waals surface area contributed by atoms with E-state index in [4.69, 9.17) is 0 Å². The number of benzene rings is 1. The van der Waals surface area contributed by atoms with Crippen molar-refractivity contribution in [3.05, 3.63) is 48.3 Å². The molecule has 0 N–H and O–H groups in total. The fourth-order valence-electron chi connectivity index (χ4n) is 0.981. The van der Waals surface area contributed by atoms with E-state index in [1.54, 1.807) is 22.2 Å². The molecule has 2 aromatic rings. The Morgan fingerprint density at radius 2 is 2.00 bits per heavy atom. The number of rotatable bonds is 3. The normalized spacial score (nSPS) is 9.43. The molecule has 0 spiro atoms. The molecule has 0 bridgehead atoms. The number of nitrogens with zero attached hydrogens (tertiary/aromatic N) is 3. The van der Waals surface area contributed by atoms with Crippen LogP contribution in [0, 0.1) is 0 Å². The molecular formula is C9H9AgN3S. The summed E-state index contributed by atoms with van der Waals surface area (Å²) in [5, 5.41) is 7.59. The van der Waals surface area contributed by atoms with Crippen LogP contribution in [0.4, 0.5) is 0 Å². The largest absolute Gasteiger partial charge is 0.194 e. The molecule has 0 aliphatic rings. The molecule has 0 aliphatic carbocycles. The molecule has 1 radical (unpaired) electrons. The third-order valence-corrected chi connectivity index (χ3v) is 2.53. The third-order valence-electron chi connectivity index (χ3n) is 1.61. The van der Waals surface area contributed by atoms with E-state index in [0.29, 0.717) is 0 Å². The van der Waals surface area contributed by atoms with E-state index in [0.717, 1.165) is 5.75 Å². The monoisotopic (exact) mass is 298 g/mol. The van der Waals surface area contributed by atoms with Crippen molar-refractivity contribution in [1.29, 1.82) is 0 Å². The molecule has 0 atom stereocenters. The third kappa shape index (κ3) is 3.31. The number of hydrogen-bond acceptors (Lipinski definition) is 3.